The van der Waals surface area contributed by atoms with Gasteiger partial charge in [-0.1, -0.05) is 6.92 Å². The normalized spacial score (nSPS) is 9.93. The Bertz CT molecular complexity index is 427. The van der Waals surface area contributed by atoms with Crippen LogP contribution in [0.5, 0.6) is 5.75 Å². The van der Waals surface area contributed by atoms with E-state index in [1.807, 2.05) is 0 Å². The van der Waals surface area contributed by atoms with Crippen molar-refractivity contribution in [2.75, 3.05) is 0 Å². The molecular formula is C9H9NO5. The van der Waals surface area contributed by atoms with Crippen LogP contribution in [-0.4, -0.2) is 21.1 Å². The number of carbonyl (C=O) groups is 1. The summed E-state index contributed by atoms with van der Waals surface area (Å²) >= 11 is 0. The number of phenols is 1. The fraction of sp³-hybridized carbons (Fsp3) is 0.222. The van der Waals surface area contributed by atoms with Gasteiger partial charge in [-0.3, -0.25) is 10.1 Å². The number of aromatic carboxylic acids is 1. The number of phenolic OH excluding ortho intramolecular Hbond substituents is 1. The Hall–Kier alpha value is -2.11. The molecule has 6 heteroatoms. The molecule has 6 nitrogen and oxygen atoms in total. The minimum absolute atomic E-state index is 0.198. The number of hydrogen-bond acceptors (Lipinski definition) is 4. The van der Waals surface area contributed by atoms with Crippen molar-refractivity contribution >= 4 is 11.7 Å². The number of nitro groups is 1. The highest BCUT2D eigenvalue weighted by atomic mass is 16.6. The zero-order chi connectivity index (χ0) is 11.6. The van der Waals surface area contributed by atoms with E-state index < -0.39 is 22.3 Å². The van der Waals surface area contributed by atoms with E-state index in [0.717, 1.165) is 6.07 Å². The van der Waals surface area contributed by atoms with E-state index in [1.165, 1.54) is 6.07 Å². The molecule has 1 aromatic rings. The molecular weight excluding hydrogens is 202 g/mol. The lowest BCUT2D eigenvalue weighted by molar-refractivity contribution is -0.386. The summed E-state index contributed by atoms with van der Waals surface area (Å²) in [6, 6.07) is 2.07. The lowest BCUT2D eigenvalue weighted by Crippen LogP contribution is -2.00. The molecule has 1 rings (SSSR count). The SMILES string of the molecule is CCc1cc(C(=O)O)cc([N+](=O)[O-])c1O. The van der Waals surface area contributed by atoms with Crippen LogP contribution in [-0.2, 0) is 6.42 Å². The Morgan fingerprint density at radius 3 is 2.53 bits per heavy atom. The number of hydrogen-bond donors (Lipinski definition) is 2. The number of nitro benzene ring substituents is 1. The molecule has 1 aromatic carbocycles. The van der Waals surface area contributed by atoms with Crippen molar-refractivity contribution in [2.45, 2.75) is 13.3 Å². The van der Waals surface area contributed by atoms with Gasteiger partial charge in [0.25, 0.3) is 0 Å². The summed E-state index contributed by atoms with van der Waals surface area (Å²) in [4.78, 5) is 20.4. The molecule has 80 valence electrons. The summed E-state index contributed by atoms with van der Waals surface area (Å²) in [5, 5.41) is 28.6. The van der Waals surface area contributed by atoms with Crippen molar-refractivity contribution in [3.05, 3.63) is 33.4 Å². The molecule has 0 spiro atoms. The highest BCUT2D eigenvalue weighted by Crippen LogP contribution is 2.31. The van der Waals surface area contributed by atoms with Gasteiger partial charge in [0.05, 0.1) is 10.5 Å². The molecule has 0 unspecified atom stereocenters. The zero-order valence-electron chi connectivity index (χ0n) is 7.93. The molecule has 0 saturated carbocycles. The van der Waals surface area contributed by atoms with Gasteiger partial charge >= 0.3 is 11.7 Å². The predicted molar refractivity (Wildman–Crippen MR) is 51.1 cm³/mol. The van der Waals surface area contributed by atoms with E-state index in [-0.39, 0.29) is 11.1 Å². The Balaban J connectivity index is 3.45. The van der Waals surface area contributed by atoms with Crippen LogP contribution in [0.2, 0.25) is 0 Å². The maximum atomic E-state index is 10.7. The monoisotopic (exact) mass is 211 g/mol. The second kappa shape index (κ2) is 3.95. The van der Waals surface area contributed by atoms with Crippen LogP contribution in [0, 0.1) is 10.1 Å². The largest absolute Gasteiger partial charge is 0.502 e. The maximum absolute atomic E-state index is 10.7. The van der Waals surface area contributed by atoms with Gasteiger partial charge in [-0.25, -0.2) is 4.79 Å². The molecule has 0 heterocycles. The average Bonchev–Trinajstić information content (AvgIpc) is 2.17. The van der Waals surface area contributed by atoms with Crippen LogP contribution in [0.3, 0.4) is 0 Å². The summed E-state index contributed by atoms with van der Waals surface area (Å²) in [6.07, 6.45) is 0.327. The quantitative estimate of drug-likeness (QED) is 0.583. The second-order valence-corrected chi connectivity index (χ2v) is 2.92. The van der Waals surface area contributed by atoms with E-state index in [1.54, 1.807) is 6.92 Å². The highest BCUT2D eigenvalue weighted by Gasteiger charge is 2.20. The zero-order valence-corrected chi connectivity index (χ0v) is 7.93. The van der Waals surface area contributed by atoms with Crippen LogP contribution >= 0.6 is 0 Å². The number of aromatic hydroxyl groups is 1. The number of nitrogens with zero attached hydrogens (tertiary/aromatic N) is 1. The van der Waals surface area contributed by atoms with Crippen molar-refractivity contribution in [1.82, 2.24) is 0 Å². The third-order valence-corrected chi connectivity index (χ3v) is 1.99. The Morgan fingerprint density at radius 2 is 2.13 bits per heavy atom. The number of rotatable bonds is 3. The first kappa shape index (κ1) is 11.0. The van der Waals surface area contributed by atoms with Gasteiger partial charge < -0.3 is 10.2 Å². The fourth-order valence-corrected chi connectivity index (χ4v) is 1.21. The van der Waals surface area contributed by atoms with Crippen LogP contribution in [0.25, 0.3) is 0 Å². The van der Waals surface area contributed by atoms with Crippen LogP contribution in [0.4, 0.5) is 5.69 Å². The molecule has 15 heavy (non-hydrogen) atoms. The van der Waals surface area contributed by atoms with Gasteiger partial charge in [-0.05, 0) is 12.5 Å². The van der Waals surface area contributed by atoms with Crippen LogP contribution in [0.15, 0.2) is 12.1 Å². The fourth-order valence-electron chi connectivity index (χ4n) is 1.21. The van der Waals surface area contributed by atoms with Crippen LogP contribution < -0.4 is 0 Å². The first-order valence-corrected chi connectivity index (χ1v) is 4.21. The Kier molecular flexibility index (Phi) is 2.89. The summed E-state index contributed by atoms with van der Waals surface area (Å²) in [6.45, 7) is 1.67. The molecule has 0 aliphatic heterocycles. The molecule has 0 radical (unpaired) electrons. The van der Waals surface area contributed by atoms with Crippen molar-refractivity contribution < 1.29 is 19.9 Å². The minimum atomic E-state index is -1.26. The molecule has 0 aliphatic rings. The number of benzene rings is 1. The number of carboxylic acids is 1. The van der Waals surface area contributed by atoms with Crippen LogP contribution in [0.1, 0.15) is 22.8 Å². The molecule has 0 saturated heterocycles. The molecule has 2 N–H and O–H groups in total. The summed E-state index contributed by atoms with van der Waals surface area (Å²) in [5.41, 5.74) is -0.523. The van der Waals surface area contributed by atoms with Crippen molar-refractivity contribution in [3.63, 3.8) is 0 Å². The standard InChI is InChI=1S/C9H9NO5/c1-2-5-3-6(9(12)13)4-7(8(5)11)10(14)15/h3-4,11H,2H2,1H3,(H,12,13). The van der Waals surface area contributed by atoms with Gasteiger partial charge in [0.1, 0.15) is 0 Å². The van der Waals surface area contributed by atoms with Crippen molar-refractivity contribution in [2.24, 2.45) is 0 Å². The molecule has 0 fully saturated rings. The first-order valence-electron chi connectivity index (χ1n) is 4.21. The second-order valence-electron chi connectivity index (χ2n) is 2.92. The van der Waals surface area contributed by atoms with E-state index in [2.05, 4.69) is 0 Å². The van der Waals surface area contributed by atoms with Gasteiger partial charge in [0.15, 0.2) is 5.75 Å². The molecule has 0 bridgehead atoms. The van der Waals surface area contributed by atoms with E-state index >= 15 is 0 Å². The molecule has 0 aliphatic carbocycles. The van der Waals surface area contributed by atoms with Gasteiger partial charge in [-0.2, -0.15) is 0 Å². The minimum Gasteiger partial charge on any atom is -0.502 e. The van der Waals surface area contributed by atoms with E-state index in [4.69, 9.17) is 5.11 Å². The van der Waals surface area contributed by atoms with Gasteiger partial charge in [-0.15, -0.1) is 0 Å². The molecule has 0 amide bonds. The summed E-state index contributed by atoms with van der Waals surface area (Å²) in [7, 11) is 0. The van der Waals surface area contributed by atoms with Crippen molar-refractivity contribution in [3.8, 4) is 5.75 Å². The Morgan fingerprint density at radius 1 is 1.53 bits per heavy atom. The topological polar surface area (TPSA) is 101 Å². The summed E-state index contributed by atoms with van der Waals surface area (Å²) in [5.74, 6) is -1.72. The number of carboxylic acid groups (broad SMARTS) is 1. The highest BCUT2D eigenvalue weighted by molar-refractivity contribution is 5.89. The average molecular weight is 211 g/mol. The lowest BCUT2D eigenvalue weighted by atomic mass is 10.1. The van der Waals surface area contributed by atoms with E-state index in [9.17, 15) is 20.0 Å². The predicted octanol–water partition coefficient (Wildman–Crippen LogP) is 1.56. The summed E-state index contributed by atoms with van der Waals surface area (Å²) < 4.78 is 0. The van der Waals surface area contributed by atoms with Crippen molar-refractivity contribution in [1.29, 1.82) is 0 Å². The molecule has 0 aromatic heterocycles. The smallest absolute Gasteiger partial charge is 0.335 e. The lowest BCUT2D eigenvalue weighted by Gasteiger charge is -2.04. The Labute approximate surface area is 84.9 Å². The van der Waals surface area contributed by atoms with Gasteiger partial charge in [0, 0.05) is 11.6 Å². The third kappa shape index (κ3) is 2.04. The number of aryl methyl sites for hydroxylation is 1. The molecule has 0 atom stereocenters. The maximum Gasteiger partial charge on any atom is 0.335 e. The first-order chi connectivity index (χ1) is 6.97. The van der Waals surface area contributed by atoms with E-state index in [0.29, 0.717) is 6.42 Å². The third-order valence-electron chi connectivity index (χ3n) is 1.99. The van der Waals surface area contributed by atoms with Gasteiger partial charge in [0.2, 0.25) is 0 Å².